The van der Waals surface area contributed by atoms with E-state index in [1.165, 1.54) is 4.63 Å². The minimum atomic E-state index is 0.632. The van der Waals surface area contributed by atoms with Crippen molar-refractivity contribution in [2.45, 2.75) is 12.8 Å². The van der Waals surface area contributed by atoms with Gasteiger partial charge in [0, 0.05) is 13.0 Å². The summed E-state index contributed by atoms with van der Waals surface area (Å²) in [5.41, 5.74) is 2.72. The number of nitrogens with one attached hydrogen (secondary N) is 2. The van der Waals surface area contributed by atoms with Gasteiger partial charge in [0.05, 0.1) is 11.0 Å². The molecule has 1 aromatic carbocycles. The maximum atomic E-state index is 4.56. The minimum Gasteiger partial charge on any atom is -0.369 e. The summed E-state index contributed by atoms with van der Waals surface area (Å²) in [6, 6.07) is 11.7. The summed E-state index contributed by atoms with van der Waals surface area (Å²) in [5.74, 6) is 1.76. The number of aryl methyl sites for hydroxylation is 1. The predicted molar refractivity (Wildman–Crippen MR) is 81.5 cm³/mol. The summed E-state index contributed by atoms with van der Waals surface area (Å²) >= 11 is 0. The van der Waals surface area contributed by atoms with Gasteiger partial charge < -0.3 is 10.3 Å². The number of aromatic amines is 1. The second-order valence-corrected chi connectivity index (χ2v) is 4.98. The van der Waals surface area contributed by atoms with E-state index in [1.54, 1.807) is 0 Å². The molecular weight excluding hydrogens is 280 g/mol. The molecule has 0 radical (unpaired) electrons. The summed E-state index contributed by atoms with van der Waals surface area (Å²) in [6.45, 7) is 0.803. The highest BCUT2D eigenvalue weighted by atomic mass is 15.6. The molecule has 2 N–H and O–H groups in total. The Kier molecular flexibility index (Phi) is 3.11. The number of imidazole rings is 1. The van der Waals surface area contributed by atoms with Crippen LogP contribution in [0.3, 0.4) is 0 Å². The Hall–Kier alpha value is -3.03. The third kappa shape index (κ3) is 2.46. The first-order valence-electron chi connectivity index (χ1n) is 7.11. The number of H-pyrrole nitrogens is 1. The van der Waals surface area contributed by atoms with E-state index in [1.807, 2.05) is 36.4 Å². The molecule has 0 unspecified atom stereocenters. The average Bonchev–Trinajstić information content (AvgIpc) is 3.17. The Morgan fingerprint density at radius 3 is 3.05 bits per heavy atom. The molecule has 3 heterocycles. The number of nitrogens with zero attached hydrogens (tertiary/aromatic N) is 6. The topological polar surface area (TPSA) is 96.7 Å². The van der Waals surface area contributed by atoms with Crippen LogP contribution in [-0.4, -0.2) is 41.8 Å². The first-order chi connectivity index (χ1) is 10.9. The predicted octanol–water partition coefficient (Wildman–Crippen LogP) is 1.44. The van der Waals surface area contributed by atoms with Crippen LogP contribution >= 0.6 is 0 Å². The van der Waals surface area contributed by atoms with Crippen molar-refractivity contribution in [3.8, 4) is 0 Å². The van der Waals surface area contributed by atoms with E-state index in [0.29, 0.717) is 5.65 Å². The average molecular weight is 294 g/mol. The maximum Gasteiger partial charge on any atom is 0.200 e. The van der Waals surface area contributed by atoms with E-state index in [4.69, 9.17) is 0 Å². The fourth-order valence-electron chi connectivity index (χ4n) is 2.34. The van der Waals surface area contributed by atoms with Gasteiger partial charge in [0.2, 0.25) is 0 Å². The molecule has 0 aliphatic carbocycles. The van der Waals surface area contributed by atoms with Crippen LogP contribution in [0.5, 0.6) is 0 Å². The lowest BCUT2D eigenvalue weighted by Gasteiger charge is -2.03. The molecule has 0 aliphatic heterocycles. The first-order valence-corrected chi connectivity index (χ1v) is 7.11. The van der Waals surface area contributed by atoms with Crippen LogP contribution in [0.1, 0.15) is 12.2 Å². The third-order valence-electron chi connectivity index (χ3n) is 3.40. The molecule has 4 aromatic rings. The lowest BCUT2D eigenvalue weighted by Crippen LogP contribution is -2.07. The molecule has 4 rings (SSSR count). The van der Waals surface area contributed by atoms with Crippen LogP contribution in [0.15, 0.2) is 36.4 Å². The van der Waals surface area contributed by atoms with E-state index < -0.39 is 0 Å². The molecule has 22 heavy (non-hydrogen) atoms. The second kappa shape index (κ2) is 5.40. The van der Waals surface area contributed by atoms with Crippen LogP contribution < -0.4 is 5.32 Å². The second-order valence-electron chi connectivity index (χ2n) is 4.98. The molecule has 0 fully saturated rings. The van der Waals surface area contributed by atoms with Crippen molar-refractivity contribution < 1.29 is 0 Å². The van der Waals surface area contributed by atoms with E-state index in [2.05, 4.69) is 35.9 Å². The van der Waals surface area contributed by atoms with Crippen LogP contribution in [0.25, 0.3) is 16.7 Å². The highest BCUT2D eigenvalue weighted by Crippen LogP contribution is 2.11. The molecule has 8 nitrogen and oxygen atoms in total. The fourth-order valence-corrected chi connectivity index (χ4v) is 2.34. The fraction of sp³-hybridized carbons (Fsp3) is 0.214. The summed E-state index contributed by atoms with van der Waals surface area (Å²) in [6.07, 6.45) is 1.84. The Labute approximate surface area is 125 Å². The summed E-state index contributed by atoms with van der Waals surface area (Å²) in [5, 5.41) is 18.7. The molecule has 8 heteroatoms. The largest absolute Gasteiger partial charge is 0.369 e. The number of fused-ring (bicyclic) bond motifs is 2. The Bertz CT molecular complexity index is 872. The molecule has 3 aromatic heterocycles. The van der Waals surface area contributed by atoms with Gasteiger partial charge in [-0.15, -0.1) is 14.8 Å². The van der Waals surface area contributed by atoms with Crippen molar-refractivity contribution in [1.29, 1.82) is 0 Å². The summed E-state index contributed by atoms with van der Waals surface area (Å²) < 4.78 is 1.40. The standard InChI is InChI=1S/C14H14N8/c1-2-5-11-10(4-1)16-13(17-11)6-3-9-15-12-7-8-14-18-20-21-22(14)19-12/h1-2,4-5,7-8H,3,6,9H2,(H,15,19)(H,16,17). The van der Waals surface area contributed by atoms with Gasteiger partial charge in [-0.1, -0.05) is 12.1 Å². The number of rotatable bonds is 5. The van der Waals surface area contributed by atoms with Crippen molar-refractivity contribution in [2.24, 2.45) is 0 Å². The monoisotopic (exact) mass is 294 g/mol. The Morgan fingerprint density at radius 2 is 2.09 bits per heavy atom. The number of hydrogen-bond donors (Lipinski definition) is 2. The number of hydrogen-bond acceptors (Lipinski definition) is 6. The van der Waals surface area contributed by atoms with Crippen molar-refractivity contribution in [3.63, 3.8) is 0 Å². The first kappa shape index (κ1) is 12.7. The molecule has 0 saturated heterocycles. The summed E-state index contributed by atoms with van der Waals surface area (Å²) in [7, 11) is 0. The van der Waals surface area contributed by atoms with Gasteiger partial charge in [-0.2, -0.15) is 0 Å². The van der Waals surface area contributed by atoms with Crippen molar-refractivity contribution in [1.82, 2.24) is 35.2 Å². The SMILES string of the molecule is c1ccc2[nH]c(CCCNc3ccc4nnnn4n3)nc2c1. The van der Waals surface area contributed by atoms with Gasteiger partial charge in [-0.25, -0.2) is 4.98 Å². The van der Waals surface area contributed by atoms with Gasteiger partial charge >= 0.3 is 0 Å². The van der Waals surface area contributed by atoms with Crippen molar-refractivity contribution in [3.05, 3.63) is 42.2 Å². The van der Waals surface area contributed by atoms with Crippen LogP contribution in [-0.2, 0) is 6.42 Å². The number of anilines is 1. The van der Waals surface area contributed by atoms with Crippen molar-refractivity contribution in [2.75, 3.05) is 11.9 Å². The molecule has 0 spiro atoms. The van der Waals surface area contributed by atoms with E-state index in [-0.39, 0.29) is 0 Å². The van der Waals surface area contributed by atoms with Crippen molar-refractivity contribution >= 4 is 22.5 Å². The molecule has 0 aliphatic rings. The molecule has 0 atom stereocenters. The number of benzene rings is 1. The lowest BCUT2D eigenvalue weighted by molar-refractivity contribution is 0.730. The van der Waals surface area contributed by atoms with Gasteiger partial charge in [-0.3, -0.25) is 0 Å². The van der Waals surface area contributed by atoms with Crippen LogP contribution in [0.4, 0.5) is 5.82 Å². The van der Waals surface area contributed by atoms with Crippen LogP contribution in [0.2, 0.25) is 0 Å². The maximum absolute atomic E-state index is 4.56. The molecule has 0 saturated carbocycles. The number of tetrazole rings is 1. The molecule has 110 valence electrons. The molecule has 0 amide bonds. The van der Waals surface area contributed by atoms with Gasteiger partial charge in [0.15, 0.2) is 5.65 Å². The smallest absolute Gasteiger partial charge is 0.200 e. The zero-order chi connectivity index (χ0) is 14.8. The van der Waals surface area contributed by atoms with Gasteiger partial charge in [0.25, 0.3) is 0 Å². The zero-order valence-corrected chi connectivity index (χ0v) is 11.8. The highest BCUT2D eigenvalue weighted by molar-refractivity contribution is 5.74. The molecule has 0 bridgehead atoms. The zero-order valence-electron chi connectivity index (χ0n) is 11.8. The normalized spacial score (nSPS) is 11.3. The lowest BCUT2D eigenvalue weighted by atomic mass is 10.3. The Balaban J connectivity index is 1.34. The van der Waals surface area contributed by atoms with Gasteiger partial charge in [-0.05, 0) is 41.1 Å². The quantitative estimate of drug-likeness (QED) is 0.541. The van der Waals surface area contributed by atoms with Crippen LogP contribution in [0, 0.1) is 0 Å². The third-order valence-corrected chi connectivity index (χ3v) is 3.40. The van der Waals surface area contributed by atoms with E-state index in [9.17, 15) is 0 Å². The summed E-state index contributed by atoms with van der Waals surface area (Å²) in [4.78, 5) is 7.89. The van der Waals surface area contributed by atoms with E-state index in [0.717, 1.165) is 42.1 Å². The highest BCUT2D eigenvalue weighted by Gasteiger charge is 2.03. The van der Waals surface area contributed by atoms with E-state index >= 15 is 0 Å². The number of aromatic nitrogens is 7. The Morgan fingerprint density at radius 1 is 1.14 bits per heavy atom. The minimum absolute atomic E-state index is 0.632. The van der Waals surface area contributed by atoms with Gasteiger partial charge in [0.1, 0.15) is 11.6 Å². The molecular formula is C14H14N8. The number of para-hydroxylation sites is 2.